The number of pyridine rings is 1. The lowest BCUT2D eigenvalue weighted by Crippen LogP contribution is -2.25. The van der Waals surface area contributed by atoms with E-state index in [-0.39, 0.29) is 22.1 Å². The van der Waals surface area contributed by atoms with Crippen molar-refractivity contribution in [3.8, 4) is 11.5 Å². The Morgan fingerprint density at radius 1 is 0.914 bits per heavy atom. The summed E-state index contributed by atoms with van der Waals surface area (Å²) in [5, 5.41) is 5.01. The summed E-state index contributed by atoms with van der Waals surface area (Å²) in [6.45, 7) is 0.732. The van der Waals surface area contributed by atoms with Crippen LogP contribution in [0, 0.1) is 0 Å². The van der Waals surface area contributed by atoms with Crippen LogP contribution in [0.1, 0.15) is 11.1 Å². The summed E-state index contributed by atoms with van der Waals surface area (Å²) >= 11 is 5.85. The number of nitrogens with zero attached hydrogens (tertiary/aromatic N) is 1. The number of fused-ring (bicyclic) bond motifs is 1. The molecule has 0 saturated carbocycles. The Labute approximate surface area is 202 Å². The van der Waals surface area contributed by atoms with Crippen molar-refractivity contribution in [1.82, 2.24) is 4.98 Å². The number of hydrogen-bond donors (Lipinski definition) is 2. The van der Waals surface area contributed by atoms with Gasteiger partial charge in [-0.2, -0.15) is 13.2 Å². The number of rotatable bonds is 5. The molecule has 0 saturated heterocycles. The van der Waals surface area contributed by atoms with Crippen LogP contribution in [0.3, 0.4) is 0 Å². The van der Waals surface area contributed by atoms with E-state index in [2.05, 4.69) is 15.6 Å². The van der Waals surface area contributed by atoms with Gasteiger partial charge in [0.25, 0.3) is 11.8 Å². The molecule has 180 valence electrons. The van der Waals surface area contributed by atoms with Crippen molar-refractivity contribution in [1.29, 1.82) is 0 Å². The highest BCUT2D eigenvalue weighted by Gasteiger charge is 2.30. The van der Waals surface area contributed by atoms with Crippen LogP contribution < -0.4 is 20.1 Å². The summed E-state index contributed by atoms with van der Waals surface area (Å²) in [4.78, 5) is 29.9. The van der Waals surface area contributed by atoms with Gasteiger partial charge >= 0.3 is 6.18 Å². The Balaban J connectivity index is 1.66. The molecule has 2 amide bonds. The smallest absolute Gasteiger partial charge is 0.416 e. The molecule has 1 aliphatic heterocycles. The van der Waals surface area contributed by atoms with E-state index in [1.807, 2.05) is 0 Å². The number of carbonyl (C=O) groups is 2. The van der Waals surface area contributed by atoms with Gasteiger partial charge in [-0.05, 0) is 54.1 Å². The average molecular weight is 504 g/mol. The van der Waals surface area contributed by atoms with Crippen LogP contribution >= 0.6 is 11.6 Å². The predicted molar refractivity (Wildman–Crippen MR) is 123 cm³/mol. The molecule has 0 unspecified atom stereocenters. The van der Waals surface area contributed by atoms with Gasteiger partial charge in [-0.25, -0.2) is 4.98 Å². The zero-order valence-electron chi connectivity index (χ0n) is 17.9. The summed E-state index contributed by atoms with van der Waals surface area (Å²) in [5.41, 5.74) is -0.727. The molecular weight excluding hydrogens is 487 g/mol. The van der Waals surface area contributed by atoms with E-state index in [9.17, 15) is 22.8 Å². The third-order valence-electron chi connectivity index (χ3n) is 4.80. The Bertz CT molecular complexity index is 1310. The minimum absolute atomic E-state index is 0.119. The van der Waals surface area contributed by atoms with Crippen molar-refractivity contribution < 1.29 is 32.2 Å². The monoisotopic (exact) mass is 503 g/mol. The lowest BCUT2D eigenvalue weighted by Gasteiger charge is -2.18. The van der Waals surface area contributed by atoms with E-state index in [0.717, 1.165) is 18.2 Å². The number of halogens is 4. The van der Waals surface area contributed by atoms with E-state index in [1.165, 1.54) is 30.5 Å². The van der Waals surface area contributed by atoms with Gasteiger partial charge in [0.1, 0.15) is 23.9 Å². The van der Waals surface area contributed by atoms with Crippen molar-refractivity contribution in [3.05, 3.63) is 82.6 Å². The van der Waals surface area contributed by atoms with E-state index in [1.54, 1.807) is 18.2 Å². The molecule has 0 spiro atoms. The second kappa shape index (κ2) is 10.1. The molecule has 1 aromatic heterocycles. The molecule has 2 heterocycles. The van der Waals surface area contributed by atoms with Gasteiger partial charge in [0.2, 0.25) is 0 Å². The minimum atomic E-state index is -4.59. The number of alkyl halides is 3. The van der Waals surface area contributed by atoms with Gasteiger partial charge in [-0.15, -0.1) is 0 Å². The van der Waals surface area contributed by atoms with Gasteiger partial charge in [-0.1, -0.05) is 23.7 Å². The molecule has 0 aliphatic carbocycles. The fourth-order valence-electron chi connectivity index (χ4n) is 3.20. The van der Waals surface area contributed by atoms with Crippen molar-refractivity contribution >= 4 is 40.9 Å². The molecule has 7 nitrogen and oxygen atoms in total. The van der Waals surface area contributed by atoms with Crippen LogP contribution in [-0.4, -0.2) is 30.0 Å². The highest BCUT2D eigenvalue weighted by molar-refractivity contribution is 6.30. The Hall–Kier alpha value is -4.05. The molecule has 11 heteroatoms. The molecule has 1 aliphatic rings. The molecular formula is C24H17ClF3N3O4. The Morgan fingerprint density at radius 2 is 1.60 bits per heavy atom. The van der Waals surface area contributed by atoms with Crippen LogP contribution in [0.15, 0.2) is 66.4 Å². The molecule has 2 N–H and O–H groups in total. The van der Waals surface area contributed by atoms with Gasteiger partial charge in [0.15, 0.2) is 11.5 Å². The minimum Gasteiger partial charge on any atom is -0.486 e. The van der Waals surface area contributed by atoms with Gasteiger partial charge in [-0.3, -0.25) is 9.59 Å². The van der Waals surface area contributed by atoms with Crippen LogP contribution in [0.4, 0.5) is 24.5 Å². The van der Waals surface area contributed by atoms with Crippen LogP contribution in [0.5, 0.6) is 11.5 Å². The lowest BCUT2D eigenvalue weighted by atomic mass is 10.1. The maximum absolute atomic E-state index is 13.1. The number of benzene rings is 2. The van der Waals surface area contributed by atoms with Crippen molar-refractivity contribution in [3.63, 3.8) is 0 Å². The van der Waals surface area contributed by atoms with Gasteiger partial charge < -0.3 is 20.1 Å². The van der Waals surface area contributed by atoms with E-state index in [0.29, 0.717) is 30.3 Å². The second-order valence-electron chi connectivity index (χ2n) is 7.32. The van der Waals surface area contributed by atoms with Crippen LogP contribution in [0.25, 0.3) is 6.08 Å². The predicted octanol–water partition coefficient (Wildman–Crippen LogP) is 5.19. The topological polar surface area (TPSA) is 89.5 Å². The first kappa shape index (κ1) is 24.1. The molecule has 35 heavy (non-hydrogen) atoms. The van der Waals surface area contributed by atoms with Crippen molar-refractivity contribution in [2.75, 3.05) is 23.8 Å². The maximum atomic E-state index is 13.1. The Morgan fingerprint density at radius 3 is 2.29 bits per heavy atom. The maximum Gasteiger partial charge on any atom is 0.416 e. The molecule has 0 radical (unpaired) electrons. The molecule has 2 aromatic carbocycles. The first-order chi connectivity index (χ1) is 16.7. The third kappa shape index (κ3) is 6.10. The SMILES string of the molecule is O=C(Nc1cccc(C(F)(F)F)c1)/C(=C/c1ccc2c(c1)OCCO2)C(=O)Nc1ccnc(Cl)c1. The normalized spacial score (nSPS) is 13.2. The second-order valence-corrected chi connectivity index (χ2v) is 7.70. The van der Waals surface area contributed by atoms with Gasteiger partial charge in [0, 0.05) is 17.6 Å². The van der Waals surface area contributed by atoms with Crippen molar-refractivity contribution in [2.24, 2.45) is 0 Å². The average Bonchev–Trinajstić information content (AvgIpc) is 2.82. The zero-order chi connectivity index (χ0) is 25.0. The number of nitrogens with one attached hydrogen (secondary N) is 2. The molecule has 0 bridgehead atoms. The molecule has 0 atom stereocenters. The number of ether oxygens (including phenoxy) is 2. The molecule has 3 aromatic rings. The number of anilines is 2. The fraction of sp³-hybridized carbons (Fsp3) is 0.125. The van der Waals surface area contributed by atoms with E-state index in [4.69, 9.17) is 21.1 Å². The number of hydrogen-bond acceptors (Lipinski definition) is 5. The number of aromatic nitrogens is 1. The van der Waals surface area contributed by atoms with Crippen molar-refractivity contribution in [2.45, 2.75) is 6.18 Å². The van der Waals surface area contributed by atoms with Gasteiger partial charge in [0.05, 0.1) is 5.56 Å². The van der Waals surface area contributed by atoms with E-state index < -0.39 is 23.6 Å². The highest BCUT2D eigenvalue weighted by Crippen LogP contribution is 2.32. The largest absolute Gasteiger partial charge is 0.486 e. The number of carbonyl (C=O) groups excluding carboxylic acids is 2. The summed E-state index contributed by atoms with van der Waals surface area (Å²) in [6, 6.07) is 11.8. The molecule has 0 fully saturated rings. The Kier molecular flexibility index (Phi) is 6.92. The summed E-state index contributed by atoms with van der Waals surface area (Å²) in [5.74, 6) is -0.785. The van der Waals surface area contributed by atoms with Crippen LogP contribution in [-0.2, 0) is 15.8 Å². The fourth-order valence-corrected chi connectivity index (χ4v) is 3.37. The van der Waals surface area contributed by atoms with Crippen LogP contribution in [0.2, 0.25) is 5.15 Å². The standard InChI is InChI=1S/C24H17ClF3N3O4/c25-21-13-17(6-7-29-21)31-23(33)18(10-14-4-5-19-20(11-14)35-9-8-34-19)22(32)30-16-3-1-2-15(12-16)24(26,27)28/h1-7,10-13H,8-9H2,(H,30,32)(H,29,31,33)/b18-10-. The third-order valence-corrected chi connectivity index (χ3v) is 5.01. The molecule has 4 rings (SSSR count). The lowest BCUT2D eigenvalue weighted by molar-refractivity contribution is -0.137. The summed E-state index contributed by atoms with van der Waals surface area (Å²) in [6.07, 6.45) is -1.94. The number of amides is 2. The summed E-state index contributed by atoms with van der Waals surface area (Å²) < 4.78 is 50.2. The first-order valence-corrected chi connectivity index (χ1v) is 10.6. The zero-order valence-corrected chi connectivity index (χ0v) is 18.6. The van der Waals surface area contributed by atoms with E-state index >= 15 is 0 Å². The highest BCUT2D eigenvalue weighted by atomic mass is 35.5. The first-order valence-electron chi connectivity index (χ1n) is 10.2. The quantitative estimate of drug-likeness (QED) is 0.216. The summed E-state index contributed by atoms with van der Waals surface area (Å²) in [7, 11) is 0.